The number of nitrogens with one attached hydrogen (secondary N) is 1. The van der Waals surface area contributed by atoms with Gasteiger partial charge >= 0.3 is 0 Å². The highest BCUT2D eigenvalue weighted by Crippen LogP contribution is 2.27. The van der Waals surface area contributed by atoms with Gasteiger partial charge in [0, 0.05) is 16.9 Å². The van der Waals surface area contributed by atoms with E-state index in [1.54, 1.807) is 0 Å². The smallest absolute Gasteiger partial charge is 0.270 e. The first-order valence-corrected chi connectivity index (χ1v) is 11.9. The van der Waals surface area contributed by atoms with Crippen molar-refractivity contribution in [3.63, 3.8) is 0 Å². The number of thiazole rings is 1. The molecule has 0 spiro atoms. The zero-order chi connectivity index (χ0) is 20.6. The Morgan fingerprint density at radius 1 is 1.28 bits per heavy atom. The summed E-state index contributed by atoms with van der Waals surface area (Å²) in [7, 11) is 0. The summed E-state index contributed by atoms with van der Waals surface area (Å²) >= 11 is 9.15. The third-order valence-electron chi connectivity index (χ3n) is 4.29. The molecule has 0 aliphatic carbocycles. The number of amides is 1. The molecule has 2 heterocycles. The molecule has 0 unspecified atom stereocenters. The lowest BCUT2D eigenvalue weighted by Gasteiger charge is -2.08. The number of carbonyl (C=O) groups is 1. The Labute approximate surface area is 184 Å². The summed E-state index contributed by atoms with van der Waals surface area (Å²) in [4.78, 5) is 16.7. The molecule has 6 nitrogen and oxygen atoms in total. The minimum absolute atomic E-state index is 0.105. The van der Waals surface area contributed by atoms with Crippen molar-refractivity contribution < 1.29 is 4.79 Å². The predicted molar refractivity (Wildman–Crippen MR) is 119 cm³/mol. The van der Waals surface area contributed by atoms with Crippen molar-refractivity contribution in [3.05, 3.63) is 51.2 Å². The van der Waals surface area contributed by atoms with Gasteiger partial charge in [-0.1, -0.05) is 55.6 Å². The van der Waals surface area contributed by atoms with Gasteiger partial charge in [-0.2, -0.15) is 0 Å². The number of aryl methyl sites for hydroxylation is 1. The summed E-state index contributed by atoms with van der Waals surface area (Å²) in [6.07, 6.45) is 4.53. The van der Waals surface area contributed by atoms with E-state index in [9.17, 15) is 4.79 Å². The first-order valence-electron chi connectivity index (χ1n) is 9.62. The summed E-state index contributed by atoms with van der Waals surface area (Å²) in [5.74, 6) is 1.30. The third-order valence-corrected chi connectivity index (χ3v) is 6.49. The second-order valence-corrected chi connectivity index (χ2v) is 8.90. The van der Waals surface area contributed by atoms with E-state index in [1.165, 1.54) is 35.9 Å². The number of carbonyl (C=O) groups excluding carboxylic acids is 1. The van der Waals surface area contributed by atoms with Crippen LogP contribution in [0.15, 0.2) is 34.8 Å². The Balaban J connectivity index is 1.59. The number of unbranched alkanes of at least 4 members (excludes halogenated alkanes) is 3. The SMILES string of the molecule is CCCCCCNC(=O)c1csc(CSc2nnc(C)n2-c2cccc(Cl)c2)n1. The average molecular weight is 450 g/mol. The van der Waals surface area contributed by atoms with Gasteiger partial charge in [0.2, 0.25) is 0 Å². The van der Waals surface area contributed by atoms with Crippen LogP contribution in [0.1, 0.15) is 53.9 Å². The molecule has 1 amide bonds. The highest BCUT2D eigenvalue weighted by Gasteiger charge is 2.14. The van der Waals surface area contributed by atoms with E-state index in [1.807, 2.05) is 41.1 Å². The monoisotopic (exact) mass is 449 g/mol. The van der Waals surface area contributed by atoms with Crippen LogP contribution in [0.5, 0.6) is 0 Å². The lowest BCUT2D eigenvalue weighted by molar-refractivity contribution is 0.0948. The maximum atomic E-state index is 12.2. The highest BCUT2D eigenvalue weighted by atomic mass is 35.5. The second kappa shape index (κ2) is 10.8. The molecule has 3 aromatic rings. The maximum Gasteiger partial charge on any atom is 0.270 e. The molecule has 0 atom stereocenters. The van der Waals surface area contributed by atoms with Crippen LogP contribution in [-0.4, -0.2) is 32.2 Å². The number of hydrogen-bond donors (Lipinski definition) is 1. The molecule has 0 fully saturated rings. The largest absolute Gasteiger partial charge is 0.351 e. The summed E-state index contributed by atoms with van der Waals surface area (Å²) in [6, 6.07) is 7.59. The zero-order valence-corrected chi connectivity index (χ0v) is 18.9. The molecule has 0 bridgehead atoms. The zero-order valence-electron chi connectivity index (χ0n) is 16.5. The van der Waals surface area contributed by atoms with E-state index in [0.29, 0.717) is 23.0 Å². The van der Waals surface area contributed by atoms with Crippen LogP contribution >= 0.6 is 34.7 Å². The molecule has 0 aliphatic heterocycles. The number of rotatable bonds is 10. The molecule has 3 rings (SSSR count). The minimum Gasteiger partial charge on any atom is -0.351 e. The van der Waals surface area contributed by atoms with Crippen molar-refractivity contribution in [2.45, 2.75) is 50.4 Å². The van der Waals surface area contributed by atoms with Crippen LogP contribution in [0, 0.1) is 6.92 Å². The molecule has 0 saturated carbocycles. The van der Waals surface area contributed by atoms with Crippen molar-refractivity contribution in [3.8, 4) is 5.69 Å². The van der Waals surface area contributed by atoms with Gasteiger partial charge < -0.3 is 5.32 Å². The van der Waals surface area contributed by atoms with Crippen LogP contribution in [0.2, 0.25) is 5.02 Å². The lowest BCUT2D eigenvalue weighted by atomic mass is 10.2. The van der Waals surface area contributed by atoms with E-state index in [4.69, 9.17) is 11.6 Å². The molecule has 0 aliphatic rings. The van der Waals surface area contributed by atoms with Crippen molar-refractivity contribution >= 4 is 40.6 Å². The summed E-state index contributed by atoms with van der Waals surface area (Å²) < 4.78 is 1.97. The van der Waals surface area contributed by atoms with Gasteiger partial charge in [-0.15, -0.1) is 21.5 Å². The van der Waals surface area contributed by atoms with Crippen LogP contribution in [0.4, 0.5) is 0 Å². The number of hydrogen-bond acceptors (Lipinski definition) is 6. The standard InChI is InChI=1S/C20H24ClN5OS2/c1-3-4-5-6-10-22-19(27)17-12-28-18(23-17)13-29-20-25-24-14(2)26(20)16-9-7-8-15(21)11-16/h7-9,11-12H,3-6,10,13H2,1-2H3,(H,22,27). The van der Waals surface area contributed by atoms with Gasteiger partial charge in [-0.05, 0) is 31.5 Å². The molecular weight excluding hydrogens is 426 g/mol. The molecule has 9 heteroatoms. The van der Waals surface area contributed by atoms with Gasteiger partial charge in [-0.3, -0.25) is 9.36 Å². The quantitative estimate of drug-likeness (QED) is 0.336. The molecule has 2 aromatic heterocycles. The summed E-state index contributed by atoms with van der Waals surface area (Å²) in [5, 5.41) is 15.5. The lowest BCUT2D eigenvalue weighted by Crippen LogP contribution is -2.24. The fourth-order valence-corrected chi connectivity index (χ4v) is 4.78. The molecule has 1 N–H and O–H groups in total. The highest BCUT2D eigenvalue weighted by molar-refractivity contribution is 7.98. The van der Waals surface area contributed by atoms with Crippen LogP contribution < -0.4 is 5.32 Å². The van der Waals surface area contributed by atoms with Gasteiger partial charge in [0.15, 0.2) is 5.16 Å². The third kappa shape index (κ3) is 6.04. The van der Waals surface area contributed by atoms with Gasteiger partial charge in [0.25, 0.3) is 5.91 Å². The fourth-order valence-electron chi connectivity index (χ4n) is 2.80. The van der Waals surface area contributed by atoms with Crippen LogP contribution in [0.25, 0.3) is 5.69 Å². The number of benzene rings is 1. The maximum absolute atomic E-state index is 12.2. The molecule has 154 valence electrons. The van der Waals surface area contributed by atoms with E-state index >= 15 is 0 Å². The Morgan fingerprint density at radius 2 is 2.14 bits per heavy atom. The normalized spacial score (nSPS) is 11.0. The Bertz CT molecular complexity index is 956. The van der Waals surface area contributed by atoms with E-state index < -0.39 is 0 Å². The first-order chi connectivity index (χ1) is 14.1. The first kappa shape index (κ1) is 21.8. The molecule has 29 heavy (non-hydrogen) atoms. The molecule has 1 aromatic carbocycles. The Hall–Kier alpha value is -1.90. The average Bonchev–Trinajstić information content (AvgIpc) is 3.32. The van der Waals surface area contributed by atoms with E-state index in [2.05, 4.69) is 27.4 Å². The van der Waals surface area contributed by atoms with Gasteiger partial charge in [-0.25, -0.2) is 4.98 Å². The topological polar surface area (TPSA) is 72.7 Å². The van der Waals surface area contributed by atoms with Crippen molar-refractivity contribution in [2.24, 2.45) is 0 Å². The predicted octanol–water partition coefficient (Wildman–Crippen LogP) is 5.29. The number of aromatic nitrogens is 4. The molecule has 0 radical (unpaired) electrons. The van der Waals surface area contributed by atoms with Crippen molar-refractivity contribution in [1.82, 2.24) is 25.1 Å². The van der Waals surface area contributed by atoms with E-state index in [0.717, 1.165) is 34.5 Å². The van der Waals surface area contributed by atoms with Crippen molar-refractivity contribution in [2.75, 3.05) is 6.54 Å². The number of nitrogens with zero attached hydrogens (tertiary/aromatic N) is 4. The minimum atomic E-state index is -0.105. The Morgan fingerprint density at radius 3 is 2.93 bits per heavy atom. The van der Waals surface area contributed by atoms with Gasteiger partial charge in [0.05, 0.1) is 11.4 Å². The Kier molecular flexibility index (Phi) is 8.09. The van der Waals surface area contributed by atoms with Crippen LogP contribution in [0.3, 0.4) is 0 Å². The molecule has 0 saturated heterocycles. The number of halogens is 1. The molecular formula is C20H24ClN5OS2. The fraction of sp³-hybridized carbons (Fsp3) is 0.400. The summed E-state index contributed by atoms with van der Waals surface area (Å²) in [5.41, 5.74) is 1.40. The second-order valence-electron chi connectivity index (χ2n) is 6.58. The van der Waals surface area contributed by atoms with Gasteiger partial charge in [0.1, 0.15) is 16.5 Å². The van der Waals surface area contributed by atoms with E-state index in [-0.39, 0.29) is 5.91 Å². The van der Waals surface area contributed by atoms with Crippen molar-refractivity contribution in [1.29, 1.82) is 0 Å². The number of thioether (sulfide) groups is 1. The van der Waals surface area contributed by atoms with Crippen LogP contribution in [-0.2, 0) is 5.75 Å². The summed E-state index contributed by atoms with van der Waals surface area (Å²) in [6.45, 7) is 4.78.